The maximum absolute atomic E-state index is 11.9. The number of hydrogen-bond donors (Lipinski definition) is 2. The second-order valence-electron chi connectivity index (χ2n) is 3.72. The number of amides is 2. The molecule has 0 fully saturated rings. The van der Waals surface area contributed by atoms with Crippen LogP contribution in [-0.4, -0.2) is 16.8 Å². The van der Waals surface area contributed by atoms with E-state index in [0.29, 0.717) is 0 Å². The van der Waals surface area contributed by atoms with Crippen molar-refractivity contribution in [3.8, 4) is 0 Å². The first-order valence-electron chi connectivity index (χ1n) is 5.55. The second-order valence-corrected chi connectivity index (χ2v) is 4.53. The SMILES string of the molecule is O=C(NNC(=O)c1c(Cl)cccc1Cl)c1ccccn1. The van der Waals surface area contributed by atoms with E-state index in [2.05, 4.69) is 15.8 Å². The molecule has 0 bridgehead atoms. The predicted molar refractivity (Wildman–Crippen MR) is 75.6 cm³/mol. The Morgan fingerprint density at radius 2 is 1.55 bits per heavy atom. The lowest BCUT2D eigenvalue weighted by atomic mass is 10.2. The summed E-state index contributed by atoms with van der Waals surface area (Å²) in [6, 6.07) is 9.54. The number of benzene rings is 1. The van der Waals surface area contributed by atoms with Gasteiger partial charge in [-0.15, -0.1) is 0 Å². The third-order valence-corrected chi connectivity index (χ3v) is 3.01. The van der Waals surface area contributed by atoms with Crippen LogP contribution >= 0.6 is 23.2 Å². The Morgan fingerprint density at radius 3 is 2.15 bits per heavy atom. The van der Waals surface area contributed by atoms with Gasteiger partial charge in [-0.3, -0.25) is 25.4 Å². The second kappa shape index (κ2) is 6.36. The Balaban J connectivity index is 2.05. The topological polar surface area (TPSA) is 71.1 Å². The van der Waals surface area contributed by atoms with Gasteiger partial charge in [-0.2, -0.15) is 0 Å². The van der Waals surface area contributed by atoms with Crippen LogP contribution in [-0.2, 0) is 0 Å². The molecule has 0 aliphatic rings. The number of carbonyl (C=O) groups is 2. The van der Waals surface area contributed by atoms with Crippen LogP contribution < -0.4 is 10.9 Å². The lowest BCUT2D eigenvalue weighted by Gasteiger charge is -2.09. The lowest BCUT2D eigenvalue weighted by Crippen LogP contribution is -2.42. The van der Waals surface area contributed by atoms with Crippen molar-refractivity contribution in [2.75, 3.05) is 0 Å². The molecule has 2 amide bonds. The lowest BCUT2D eigenvalue weighted by molar-refractivity contribution is 0.0844. The van der Waals surface area contributed by atoms with Gasteiger partial charge in [0.25, 0.3) is 11.8 Å². The van der Waals surface area contributed by atoms with Gasteiger partial charge in [-0.05, 0) is 24.3 Å². The highest BCUT2D eigenvalue weighted by molar-refractivity contribution is 6.39. The molecule has 0 spiro atoms. The molecule has 0 aliphatic carbocycles. The fourth-order valence-electron chi connectivity index (χ4n) is 1.45. The summed E-state index contributed by atoms with van der Waals surface area (Å²) in [5.41, 5.74) is 4.74. The number of halogens is 2. The number of rotatable bonds is 2. The molecule has 0 radical (unpaired) electrons. The predicted octanol–water partition coefficient (Wildman–Crippen LogP) is 2.46. The Hall–Kier alpha value is -2.11. The van der Waals surface area contributed by atoms with Crippen molar-refractivity contribution in [1.29, 1.82) is 0 Å². The molecule has 1 aromatic carbocycles. The molecule has 7 heteroatoms. The normalized spacial score (nSPS) is 9.90. The van der Waals surface area contributed by atoms with E-state index >= 15 is 0 Å². The Kier molecular flexibility index (Phi) is 4.55. The zero-order chi connectivity index (χ0) is 14.5. The van der Waals surface area contributed by atoms with Gasteiger partial charge in [0.1, 0.15) is 5.69 Å². The number of aromatic nitrogens is 1. The molecular formula is C13H9Cl2N3O2. The van der Waals surface area contributed by atoms with E-state index in [-0.39, 0.29) is 21.3 Å². The third-order valence-electron chi connectivity index (χ3n) is 2.38. The van der Waals surface area contributed by atoms with E-state index in [1.807, 2.05) is 0 Å². The van der Waals surface area contributed by atoms with Crippen LogP contribution in [0.5, 0.6) is 0 Å². The van der Waals surface area contributed by atoms with Gasteiger partial charge in [0.15, 0.2) is 0 Å². The highest BCUT2D eigenvalue weighted by atomic mass is 35.5. The van der Waals surface area contributed by atoms with E-state index in [4.69, 9.17) is 23.2 Å². The first kappa shape index (κ1) is 14.3. The summed E-state index contributed by atoms with van der Waals surface area (Å²) in [4.78, 5) is 27.5. The van der Waals surface area contributed by atoms with Gasteiger partial charge < -0.3 is 0 Å². The summed E-state index contributed by atoms with van der Waals surface area (Å²) in [5, 5.41) is 0.393. The minimum atomic E-state index is -0.607. The molecule has 2 aromatic rings. The summed E-state index contributed by atoms with van der Waals surface area (Å²) in [7, 11) is 0. The smallest absolute Gasteiger partial charge is 0.267 e. The average molecular weight is 310 g/mol. The van der Waals surface area contributed by atoms with Gasteiger partial charge in [0.05, 0.1) is 15.6 Å². The number of pyridine rings is 1. The van der Waals surface area contributed by atoms with Crippen LogP contribution in [0.15, 0.2) is 42.6 Å². The molecule has 1 aromatic heterocycles. The fraction of sp³-hybridized carbons (Fsp3) is 0. The highest BCUT2D eigenvalue weighted by Gasteiger charge is 2.15. The van der Waals surface area contributed by atoms with Crippen molar-refractivity contribution < 1.29 is 9.59 Å². The maximum Gasteiger partial charge on any atom is 0.288 e. The number of carbonyl (C=O) groups excluding carboxylic acids is 2. The largest absolute Gasteiger partial charge is 0.288 e. The Labute approximate surface area is 124 Å². The van der Waals surface area contributed by atoms with Gasteiger partial charge in [-0.1, -0.05) is 35.3 Å². The molecule has 1 heterocycles. The molecule has 0 atom stereocenters. The summed E-state index contributed by atoms with van der Waals surface area (Å²) >= 11 is 11.8. The molecule has 0 saturated heterocycles. The van der Waals surface area contributed by atoms with Crippen LogP contribution in [0, 0.1) is 0 Å². The molecule has 0 unspecified atom stereocenters. The van der Waals surface area contributed by atoms with Crippen molar-refractivity contribution in [3.05, 3.63) is 63.9 Å². The van der Waals surface area contributed by atoms with Crippen LogP contribution in [0.4, 0.5) is 0 Å². The maximum atomic E-state index is 11.9. The van der Waals surface area contributed by atoms with Gasteiger partial charge >= 0.3 is 0 Å². The van der Waals surface area contributed by atoms with Gasteiger partial charge in [0.2, 0.25) is 0 Å². The van der Waals surface area contributed by atoms with E-state index in [1.165, 1.54) is 24.4 Å². The van der Waals surface area contributed by atoms with Crippen LogP contribution in [0.2, 0.25) is 10.0 Å². The molecule has 102 valence electrons. The zero-order valence-corrected chi connectivity index (χ0v) is 11.6. The quantitative estimate of drug-likeness (QED) is 0.837. The molecular weight excluding hydrogens is 301 g/mol. The first-order valence-corrected chi connectivity index (χ1v) is 6.31. The molecule has 2 N–H and O–H groups in total. The van der Waals surface area contributed by atoms with Gasteiger partial charge in [-0.25, -0.2) is 0 Å². The molecule has 2 rings (SSSR count). The molecule has 0 aliphatic heterocycles. The number of hydrogen-bond acceptors (Lipinski definition) is 3. The Morgan fingerprint density at radius 1 is 0.900 bits per heavy atom. The molecule has 20 heavy (non-hydrogen) atoms. The van der Waals surface area contributed by atoms with Crippen molar-refractivity contribution >= 4 is 35.0 Å². The monoisotopic (exact) mass is 309 g/mol. The Bertz CT molecular complexity index is 627. The van der Waals surface area contributed by atoms with E-state index in [0.717, 1.165) is 0 Å². The number of hydrazine groups is 1. The summed E-state index contributed by atoms with van der Waals surface area (Å²) in [6.45, 7) is 0. The van der Waals surface area contributed by atoms with Crippen molar-refractivity contribution in [3.63, 3.8) is 0 Å². The first-order chi connectivity index (χ1) is 9.59. The van der Waals surface area contributed by atoms with Crippen molar-refractivity contribution in [2.24, 2.45) is 0 Å². The van der Waals surface area contributed by atoms with Crippen molar-refractivity contribution in [1.82, 2.24) is 15.8 Å². The van der Waals surface area contributed by atoms with E-state index in [1.54, 1.807) is 18.2 Å². The zero-order valence-electron chi connectivity index (χ0n) is 10.1. The van der Waals surface area contributed by atoms with E-state index < -0.39 is 11.8 Å². The third kappa shape index (κ3) is 3.26. The minimum Gasteiger partial charge on any atom is -0.267 e. The molecule has 5 nitrogen and oxygen atoms in total. The van der Waals surface area contributed by atoms with Crippen LogP contribution in [0.3, 0.4) is 0 Å². The number of nitrogens with zero attached hydrogens (tertiary/aromatic N) is 1. The van der Waals surface area contributed by atoms with Crippen LogP contribution in [0.25, 0.3) is 0 Å². The molecule has 0 saturated carbocycles. The van der Waals surface area contributed by atoms with Crippen LogP contribution in [0.1, 0.15) is 20.8 Å². The van der Waals surface area contributed by atoms with E-state index in [9.17, 15) is 9.59 Å². The average Bonchev–Trinajstić information content (AvgIpc) is 2.45. The minimum absolute atomic E-state index is 0.0946. The fourth-order valence-corrected chi connectivity index (χ4v) is 2.02. The van der Waals surface area contributed by atoms with Crippen molar-refractivity contribution in [2.45, 2.75) is 0 Å². The van der Waals surface area contributed by atoms with Gasteiger partial charge in [0, 0.05) is 6.20 Å². The summed E-state index contributed by atoms with van der Waals surface area (Å²) < 4.78 is 0. The number of nitrogens with one attached hydrogen (secondary N) is 2. The highest BCUT2D eigenvalue weighted by Crippen LogP contribution is 2.23. The summed E-state index contributed by atoms with van der Waals surface area (Å²) in [5.74, 6) is -1.15. The summed E-state index contributed by atoms with van der Waals surface area (Å²) in [6.07, 6.45) is 1.47. The standard InChI is InChI=1S/C13H9Cl2N3O2/c14-8-4-3-5-9(15)11(8)13(20)18-17-12(19)10-6-1-2-7-16-10/h1-7H,(H,17,19)(H,18,20).